The third kappa shape index (κ3) is 3.32. The summed E-state index contributed by atoms with van der Waals surface area (Å²) < 4.78 is 0. The van der Waals surface area contributed by atoms with Gasteiger partial charge in [0.25, 0.3) is 0 Å². The minimum absolute atomic E-state index is 0.294. The molecule has 3 nitrogen and oxygen atoms in total. The van der Waals surface area contributed by atoms with Crippen molar-refractivity contribution < 1.29 is 0 Å². The molecule has 0 atom stereocenters. The van der Waals surface area contributed by atoms with Crippen LogP contribution in [-0.4, -0.2) is 54.1 Å². The maximum atomic E-state index is 6.25. The highest BCUT2D eigenvalue weighted by Gasteiger charge is 2.40. The first-order valence-electron chi connectivity index (χ1n) is 8.45. The SMILES string of the molecule is CCN1CCC(CN)(N(CC)C2CCCCC2)CC1. The zero-order valence-electron chi connectivity index (χ0n) is 13.0. The maximum absolute atomic E-state index is 6.25. The zero-order valence-corrected chi connectivity index (χ0v) is 13.0. The van der Waals surface area contributed by atoms with Crippen molar-refractivity contribution in [3.05, 3.63) is 0 Å². The number of hydrogen-bond acceptors (Lipinski definition) is 3. The van der Waals surface area contributed by atoms with Gasteiger partial charge in [0.2, 0.25) is 0 Å². The molecular formula is C16H33N3. The molecule has 2 aliphatic rings. The fraction of sp³-hybridized carbons (Fsp3) is 1.00. The Morgan fingerprint density at radius 1 is 1.11 bits per heavy atom. The molecule has 19 heavy (non-hydrogen) atoms. The van der Waals surface area contributed by atoms with Gasteiger partial charge in [-0.1, -0.05) is 33.1 Å². The molecule has 2 fully saturated rings. The minimum Gasteiger partial charge on any atom is -0.329 e. The van der Waals surface area contributed by atoms with E-state index in [1.54, 1.807) is 0 Å². The van der Waals surface area contributed by atoms with Gasteiger partial charge in [0.1, 0.15) is 0 Å². The van der Waals surface area contributed by atoms with E-state index in [-0.39, 0.29) is 0 Å². The van der Waals surface area contributed by atoms with Crippen LogP contribution in [0, 0.1) is 0 Å². The van der Waals surface area contributed by atoms with Gasteiger partial charge in [-0.15, -0.1) is 0 Å². The maximum Gasteiger partial charge on any atom is 0.0358 e. The third-order valence-corrected chi connectivity index (χ3v) is 5.58. The summed E-state index contributed by atoms with van der Waals surface area (Å²) in [4.78, 5) is 5.36. The molecule has 0 amide bonds. The van der Waals surface area contributed by atoms with Gasteiger partial charge in [-0.25, -0.2) is 0 Å². The lowest BCUT2D eigenvalue weighted by atomic mass is 9.82. The Kier molecular flexibility index (Phi) is 5.67. The van der Waals surface area contributed by atoms with E-state index >= 15 is 0 Å². The van der Waals surface area contributed by atoms with Crippen molar-refractivity contribution in [2.45, 2.75) is 70.4 Å². The zero-order chi connectivity index (χ0) is 13.7. The van der Waals surface area contributed by atoms with Gasteiger partial charge in [0.05, 0.1) is 0 Å². The van der Waals surface area contributed by atoms with Crippen molar-refractivity contribution >= 4 is 0 Å². The van der Waals surface area contributed by atoms with Gasteiger partial charge in [-0.3, -0.25) is 4.90 Å². The largest absolute Gasteiger partial charge is 0.329 e. The van der Waals surface area contributed by atoms with Crippen molar-refractivity contribution in [1.29, 1.82) is 0 Å². The molecule has 1 saturated carbocycles. The fourth-order valence-corrected chi connectivity index (χ4v) is 4.27. The van der Waals surface area contributed by atoms with Crippen molar-refractivity contribution in [2.75, 3.05) is 32.7 Å². The molecule has 0 aromatic heterocycles. The standard InChI is InChI=1S/C16H33N3/c1-3-18-12-10-16(14-17,11-13-18)19(4-2)15-8-6-5-7-9-15/h15H,3-14,17H2,1-2H3. The highest BCUT2D eigenvalue weighted by molar-refractivity contribution is 4.98. The minimum atomic E-state index is 0.294. The van der Waals surface area contributed by atoms with Crippen LogP contribution in [0.3, 0.4) is 0 Å². The first-order valence-corrected chi connectivity index (χ1v) is 8.45. The van der Waals surface area contributed by atoms with Crippen LogP contribution in [0.25, 0.3) is 0 Å². The molecule has 3 heteroatoms. The Balaban J connectivity index is 2.05. The van der Waals surface area contributed by atoms with Gasteiger partial charge >= 0.3 is 0 Å². The van der Waals surface area contributed by atoms with Crippen molar-refractivity contribution in [3.63, 3.8) is 0 Å². The second-order valence-corrected chi connectivity index (χ2v) is 6.44. The second kappa shape index (κ2) is 7.05. The van der Waals surface area contributed by atoms with E-state index in [1.165, 1.54) is 71.1 Å². The summed E-state index contributed by atoms with van der Waals surface area (Å²) in [5.41, 5.74) is 6.54. The average Bonchev–Trinajstić information content (AvgIpc) is 2.49. The summed E-state index contributed by atoms with van der Waals surface area (Å²) in [7, 11) is 0. The second-order valence-electron chi connectivity index (χ2n) is 6.44. The van der Waals surface area contributed by atoms with Crippen LogP contribution >= 0.6 is 0 Å². The number of likely N-dealkylation sites (N-methyl/N-ethyl adjacent to an activating group) is 1. The van der Waals surface area contributed by atoms with Crippen molar-refractivity contribution in [2.24, 2.45) is 5.73 Å². The molecule has 1 aliphatic carbocycles. The first-order chi connectivity index (χ1) is 9.25. The van der Waals surface area contributed by atoms with E-state index in [0.717, 1.165) is 12.6 Å². The summed E-state index contributed by atoms with van der Waals surface area (Å²) in [6, 6.07) is 0.801. The van der Waals surface area contributed by atoms with Gasteiger partial charge in [0, 0.05) is 18.1 Å². The van der Waals surface area contributed by atoms with Crippen LogP contribution in [0.4, 0.5) is 0 Å². The number of nitrogens with two attached hydrogens (primary N) is 1. The van der Waals surface area contributed by atoms with E-state index in [0.29, 0.717) is 5.54 Å². The predicted octanol–water partition coefficient (Wildman–Crippen LogP) is 2.45. The van der Waals surface area contributed by atoms with Crippen LogP contribution in [0.2, 0.25) is 0 Å². The quantitative estimate of drug-likeness (QED) is 0.830. The Labute approximate surface area is 119 Å². The van der Waals surface area contributed by atoms with Gasteiger partial charge in [0.15, 0.2) is 0 Å². The molecule has 0 spiro atoms. The smallest absolute Gasteiger partial charge is 0.0358 e. The van der Waals surface area contributed by atoms with E-state index in [1.807, 2.05) is 0 Å². The molecule has 1 aliphatic heterocycles. The summed E-state index contributed by atoms with van der Waals surface area (Å²) in [6.07, 6.45) is 9.60. The average molecular weight is 267 g/mol. The molecular weight excluding hydrogens is 234 g/mol. The van der Waals surface area contributed by atoms with Gasteiger partial charge in [-0.05, 0) is 51.9 Å². The Bertz CT molecular complexity index is 253. The van der Waals surface area contributed by atoms with Crippen LogP contribution in [0.15, 0.2) is 0 Å². The van der Waals surface area contributed by atoms with Crippen molar-refractivity contribution in [3.8, 4) is 0 Å². The first kappa shape index (κ1) is 15.3. The Hall–Kier alpha value is -0.120. The van der Waals surface area contributed by atoms with E-state index < -0.39 is 0 Å². The molecule has 0 bridgehead atoms. The normalized spacial score (nSPS) is 25.9. The van der Waals surface area contributed by atoms with Gasteiger partial charge in [-0.2, -0.15) is 0 Å². The van der Waals surface area contributed by atoms with Crippen molar-refractivity contribution in [1.82, 2.24) is 9.80 Å². The van der Waals surface area contributed by atoms with Crippen LogP contribution in [-0.2, 0) is 0 Å². The highest BCUT2D eigenvalue weighted by atomic mass is 15.3. The molecule has 0 unspecified atom stereocenters. The Morgan fingerprint density at radius 3 is 2.21 bits per heavy atom. The third-order valence-electron chi connectivity index (χ3n) is 5.58. The highest BCUT2D eigenvalue weighted by Crippen LogP contribution is 2.34. The predicted molar refractivity (Wildman–Crippen MR) is 82.4 cm³/mol. The molecule has 0 aromatic carbocycles. The Morgan fingerprint density at radius 2 is 1.74 bits per heavy atom. The topological polar surface area (TPSA) is 32.5 Å². The monoisotopic (exact) mass is 267 g/mol. The van der Waals surface area contributed by atoms with E-state index in [2.05, 4.69) is 23.6 Å². The number of rotatable bonds is 5. The lowest BCUT2D eigenvalue weighted by Crippen LogP contribution is -2.62. The fourth-order valence-electron chi connectivity index (χ4n) is 4.27. The molecule has 1 saturated heterocycles. The summed E-state index contributed by atoms with van der Waals surface area (Å²) in [6.45, 7) is 10.3. The molecule has 0 radical (unpaired) electrons. The summed E-state index contributed by atoms with van der Waals surface area (Å²) >= 11 is 0. The molecule has 1 heterocycles. The van der Waals surface area contributed by atoms with E-state index in [9.17, 15) is 0 Å². The number of piperidine rings is 1. The number of hydrogen-bond donors (Lipinski definition) is 1. The lowest BCUT2D eigenvalue weighted by Gasteiger charge is -2.52. The van der Waals surface area contributed by atoms with E-state index in [4.69, 9.17) is 5.73 Å². The van der Waals surface area contributed by atoms with Crippen LogP contribution in [0.5, 0.6) is 0 Å². The van der Waals surface area contributed by atoms with Crippen LogP contribution < -0.4 is 5.73 Å². The lowest BCUT2D eigenvalue weighted by molar-refractivity contribution is -0.00954. The molecule has 112 valence electrons. The van der Waals surface area contributed by atoms with Crippen LogP contribution in [0.1, 0.15) is 58.8 Å². The summed E-state index contributed by atoms with van der Waals surface area (Å²) in [5.74, 6) is 0. The molecule has 2 rings (SSSR count). The molecule has 2 N–H and O–H groups in total. The van der Waals surface area contributed by atoms with Gasteiger partial charge < -0.3 is 10.6 Å². The molecule has 0 aromatic rings. The number of likely N-dealkylation sites (tertiary alicyclic amines) is 1. The number of nitrogens with zero attached hydrogens (tertiary/aromatic N) is 2. The summed E-state index contributed by atoms with van der Waals surface area (Å²) in [5, 5.41) is 0.